The van der Waals surface area contributed by atoms with E-state index in [0.29, 0.717) is 13.1 Å². The Bertz CT molecular complexity index is 606. The van der Waals surface area contributed by atoms with Gasteiger partial charge in [-0.25, -0.2) is 4.79 Å². The van der Waals surface area contributed by atoms with Gasteiger partial charge in [0, 0.05) is 50.8 Å². The molecule has 1 aromatic rings. The SMILES string of the molecule is Cc1cc(N2CCCN(C(=O)[C@H]3CN(C)C(=O)N3)CC2)ccn1. The van der Waals surface area contributed by atoms with Crippen LogP contribution in [0.1, 0.15) is 12.1 Å². The van der Waals surface area contributed by atoms with Gasteiger partial charge in [0.15, 0.2) is 0 Å². The third kappa shape index (κ3) is 3.38. The number of nitrogens with one attached hydrogen (secondary N) is 1. The average Bonchev–Trinajstić information content (AvgIpc) is 2.75. The Kier molecular flexibility index (Phi) is 4.36. The second-order valence-corrected chi connectivity index (χ2v) is 6.20. The van der Waals surface area contributed by atoms with Crippen LogP contribution in [-0.2, 0) is 4.79 Å². The van der Waals surface area contributed by atoms with Crippen molar-refractivity contribution in [1.29, 1.82) is 0 Å². The molecule has 0 unspecified atom stereocenters. The van der Waals surface area contributed by atoms with E-state index in [9.17, 15) is 9.59 Å². The molecule has 3 heterocycles. The highest BCUT2D eigenvalue weighted by Gasteiger charge is 2.34. The van der Waals surface area contributed by atoms with Gasteiger partial charge in [-0.1, -0.05) is 0 Å². The van der Waals surface area contributed by atoms with Crippen LogP contribution in [0.15, 0.2) is 18.3 Å². The van der Waals surface area contributed by atoms with Crippen LogP contribution in [-0.4, -0.2) is 72.5 Å². The molecule has 2 aliphatic heterocycles. The monoisotopic (exact) mass is 317 g/mol. The molecule has 1 atom stereocenters. The molecule has 0 spiro atoms. The van der Waals surface area contributed by atoms with Crippen LogP contribution in [0.5, 0.6) is 0 Å². The number of rotatable bonds is 2. The quantitative estimate of drug-likeness (QED) is 0.860. The fourth-order valence-electron chi connectivity index (χ4n) is 3.15. The fourth-order valence-corrected chi connectivity index (χ4v) is 3.15. The molecule has 1 aromatic heterocycles. The number of carbonyl (C=O) groups excluding carboxylic acids is 2. The van der Waals surface area contributed by atoms with Crippen LogP contribution >= 0.6 is 0 Å². The van der Waals surface area contributed by atoms with Gasteiger partial charge in [0.1, 0.15) is 6.04 Å². The van der Waals surface area contributed by atoms with E-state index in [1.54, 1.807) is 11.9 Å². The molecule has 23 heavy (non-hydrogen) atoms. The van der Waals surface area contributed by atoms with E-state index in [4.69, 9.17) is 0 Å². The van der Waals surface area contributed by atoms with Crippen molar-refractivity contribution in [3.63, 3.8) is 0 Å². The van der Waals surface area contributed by atoms with E-state index in [1.165, 1.54) is 0 Å². The summed E-state index contributed by atoms with van der Waals surface area (Å²) in [5.41, 5.74) is 2.15. The lowest BCUT2D eigenvalue weighted by Crippen LogP contribution is -2.46. The van der Waals surface area contributed by atoms with Crippen LogP contribution in [0.3, 0.4) is 0 Å². The number of carbonyl (C=O) groups is 2. The molecule has 0 saturated carbocycles. The zero-order valence-electron chi connectivity index (χ0n) is 13.7. The molecule has 2 fully saturated rings. The highest BCUT2D eigenvalue weighted by atomic mass is 16.2. The molecular formula is C16H23N5O2. The summed E-state index contributed by atoms with van der Waals surface area (Å²) >= 11 is 0. The van der Waals surface area contributed by atoms with E-state index in [1.807, 2.05) is 24.1 Å². The fraction of sp³-hybridized carbons (Fsp3) is 0.562. The van der Waals surface area contributed by atoms with Crippen molar-refractivity contribution in [2.45, 2.75) is 19.4 Å². The summed E-state index contributed by atoms with van der Waals surface area (Å²) in [5, 5.41) is 2.75. The lowest BCUT2D eigenvalue weighted by molar-refractivity contribution is -0.132. The highest BCUT2D eigenvalue weighted by Crippen LogP contribution is 2.17. The van der Waals surface area contributed by atoms with Crippen molar-refractivity contribution in [2.24, 2.45) is 0 Å². The predicted octanol–water partition coefficient (Wildman–Crippen LogP) is 0.452. The third-order valence-corrected chi connectivity index (χ3v) is 4.45. The molecule has 2 aliphatic rings. The third-order valence-electron chi connectivity index (χ3n) is 4.45. The molecule has 7 nitrogen and oxygen atoms in total. The lowest BCUT2D eigenvalue weighted by atomic mass is 10.2. The number of pyridine rings is 1. The lowest BCUT2D eigenvalue weighted by Gasteiger charge is -2.25. The van der Waals surface area contributed by atoms with Crippen LogP contribution < -0.4 is 10.2 Å². The van der Waals surface area contributed by atoms with Crippen LogP contribution in [0.2, 0.25) is 0 Å². The Balaban J connectivity index is 1.62. The summed E-state index contributed by atoms with van der Waals surface area (Å²) in [6, 6.07) is 3.49. The summed E-state index contributed by atoms with van der Waals surface area (Å²) < 4.78 is 0. The molecule has 0 aromatic carbocycles. The predicted molar refractivity (Wildman–Crippen MR) is 87.3 cm³/mol. The first kappa shape index (κ1) is 15.6. The second-order valence-electron chi connectivity index (χ2n) is 6.20. The maximum absolute atomic E-state index is 12.6. The summed E-state index contributed by atoms with van der Waals surface area (Å²) in [5.74, 6) is 0.0236. The van der Waals surface area contributed by atoms with Gasteiger partial charge in [-0.15, -0.1) is 0 Å². The minimum absolute atomic E-state index is 0.0236. The summed E-state index contributed by atoms with van der Waals surface area (Å²) in [7, 11) is 1.71. The van der Waals surface area contributed by atoms with Gasteiger partial charge in [0.25, 0.3) is 0 Å². The Labute approximate surface area is 136 Å². The minimum Gasteiger partial charge on any atom is -0.370 e. The Morgan fingerprint density at radius 2 is 2.13 bits per heavy atom. The van der Waals surface area contributed by atoms with Gasteiger partial charge < -0.3 is 20.0 Å². The van der Waals surface area contributed by atoms with Gasteiger partial charge in [-0.2, -0.15) is 0 Å². The van der Waals surface area contributed by atoms with Gasteiger partial charge in [-0.05, 0) is 25.5 Å². The molecule has 3 rings (SSSR count). The zero-order valence-corrected chi connectivity index (χ0v) is 13.7. The number of hydrogen-bond donors (Lipinski definition) is 1. The van der Waals surface area contributed by atoms with Crippen molar-refractivity contribution < 1.29 is 9.59 Å². The zero-order chi connectivity index (χ0) is 16.4. The summed E-state index contributed by atoms with van der Waals surface area (Å²) in [6.07, 6.45) is 2.74. The Morgan fingerprint density at radius 1 is 1.30 bits per heavy atom. The van der Waals surface area contributed by atoms with Crippen LogP contribution in [0.25, 0.3) is 0 Å². The first-order valence-electron chi connectivity index (χ1n) is 8.02. The number of nitrogens with zero attached hydrogens (tertiary/aromatic N) is 4. The van der Waals surface area contributed by atoms with E-state index in [2.05, 4.69) is 21.3 Å². The second kappa shape index (κ2) is 6.44. The summed E-state index contributed by atoms with van der Waals surface area (Å²) in [4.78, 5) is 34.1. The maximum Gasteiger partial charge on any atom is 0.317 e. The molecule has 0 aliphatic carbocycles. The first-order valence-corrected chi connectivity index (χ1v) is 8.02. The largest absolute Gasteiger partial charge is 0.370 e. The number of anilines is 1. The molecule has 1 N–H and O–H groups in total. The summed E-state index contributed by atoms with van der Waals surface area (Å²) in [6.45, 7) is 5.56. The van der Waals surface area contributed by atoms with Crippen molar-refractivity contribution in [3.8, 4) is 0 Å². The number of amides is 3. The Morgan fingerprint density at radius 3 is 2.83 bits per heavy atom. The number of hydrogen-bond acceptors (Lipinski definition) is 4. The highest BCUT2D eigenvalue weighted by molar-refractivity contribution is 5.90. The number of likely N-dealkylation sites (N-methyl/N-ethyl adjacent to an activating group) is 1. The molecule has 3 amide bonds. The van der Waals surface area contributed by atoms with Gasteiger partial charge in [0.05, 0.1) is 6.54 Å². The minimum atomic E-state index is -0.415. The van der Waals surface area contributed by atoms with E-state index >= 15 is 0 Å². The first-order chi connectivity index (χ1) is 11.0. The number of aromatic nitrogens is 1. The average molecular weight is 317 g/mol. The number of urea groups is 1. The van der Waals surface area contributed by atoms with Gasteiger partial charge in [-0.3, -0.25) is 9.78 Å². The smallest absolute Gasteiger partial charge is 0.317 e. The molecular weight excluding hydrogens is 294 g/mol. The van der Waals surface area contributed by atoms with Crippen molar-refractivity contribution in [3.05, 3.63) is 24.0 Å². The molecule has 7 heteroatoms. The molecule has 0 bridgehead atoms. The molecule has 124 valence electrons. The van der Waals surface area contributed by atoms with E-state index in [0.717, 1.165) is 37.4 Å². The molecule has 0 radical (unpaired) electrons. The van der Waals surface area contributed by atoms with Crippen molar-refractivity contribution in [1.82, 2.24) is 20.1 Å². The maximum atomic E-state index is 12.6. The van der Waals surface area contributed by atoms with Crippen molar-refractivity contribution >= 4 is 17.6 Å². The standard InChI is InChI=1S/C16H23N5O2/c1-12-10-13(4-5-17-12)20-6-3-7-21(9-8-20)15(22)14-11-19(2)16(23)18-14/h4-5,10,14H,3,6-9,11H2,1-2H3,(H,18,23)/t14-/m1/s1. The van der Waals surface area contributed by atoms with Crippen LogP contribution in [0, 0.1) is 6.92 Å². The van der Waals surface area contributed by atoms with E-state index in [-0.39, 0.29) is 11.9 Å². The van der Waals surface area contributed by atoms with Crippen LogP contribution in [0.4, 0.5) is 10.5 Å². The normalized spacial score (nSPS) is 22.1. The van der Waals surface area contributed by atoms with Gasteiger partial charge >= 0.3 is 6.03 Å². The van der Waals surface area contributed by atoms with Gasteiger partial charge in [0.2, 0.25) is 5.91 Å². The molecule has 2 saturated heterocycles. The van der Waals surface area contributed by atoms with Crippen molar-refractivity contribution in [2.75, 3.05) is 44.7 Å². The Hall–Kier alpha value is -2.31. The number of aryl methyl sites for hydroxylation is 1. The topological polar surface area (TPSA) is 68.8 Å². The van der Waals surface area contributed by atoms with E-state index < -0.39 is 6.04 Å².